The second-order valence-corrected chi connectivity index (χ2v) is 7.43. The van der Waals surface area contributed by atoms with Crippen LogP contribution in [0.1, 0.15) is 25.3 Å². The van der Waals surface area contributed by atoms with Crippen LogP contribution in [-0.4, -0.2) is 16.9 Å². The highest BCUT2D eigenvalue weighted by Crippen LogP contribution is 2.26. The summed E-state index contributed by atoms with van der Waals surface area (Å²) in [6.45, 7) is 1.92. The standard InChI is InChI=1S/C21H19ClN2O3S/c1-2-3-20(26)27-17-10-4-14(5-11-17)12-19(25)24-21-23-18(13-28-21)15-6-8-16(22)9-7-15/h4-11,13H,2-3,12H2,1H3,(H,23,24,25). The number of benzene rings is 2. The first kappa shape index (κ1) is 20.0. The van der Waals surface area contributed by atoms with Crippen LogP contribution in [0.5, 0.6) is 5.75 Å². The third-order valence-corrected chi connectivity index (χ3v) is 4.87. The van der Waals surface area contributed by atoms with E-state index in [-0.39, 0.29) is 18.3 Å². The van der Waals surface area contributed by atoms with Crippen molar-refractivity contribution in [3.8, 4) is 17.0 Å². The van der Waals surface area contributed by atoms with Gasteiger partial charge in [0.2, 0.25) is 5.91 Å². The van der Waals surface area contributed by atoms with Gasteiger partial charge in [-0.2, -0.15) is 0 Å². The predicted octanol–water partition coefficient (Wildman–Crippen LogP) is 5.35. The SMILES string of the molecule is CCCC(=O)Oc1ccc(CC(=O)Nc2nc(-c3ccc(Cl)cc3)cs2)cc1. The summed E-state index contributed by atoms with van der Waals surface area (Å²) in [4.78, 5) is 28.2. The number of rotatable bonds is 7. The van der Waals surface area contributed by atoms with Gasteiger partial charge >= 0.3 is 5.97 Å². The van der Waals surface area contributed by atoms with E-state index in [1.807, 2.05) is 24.4 Å². The fraction of sp³-hybridized carbons (Fsp3) is 0.190. The van der Waals surface area contributed by atoms with Crippen LogP contribution >= 0.6 is 22.9 Å². The highest BCUT2D eigenvalue weighted by Gasteiger charge is 2.10. The number of anilines is 1. The van der Waals surface area contributed by atoms with E-state index in [4.69, 9.17) is 16.3 Å². The second kappa shape index (κ2) is 9.48. The van der Waals surface area contributed by atoms with Gasteiger partial charge < -0.3 is 10.1 Å². The van der Waals surface area contributed by atoms with Crippen LogP contribution in [-0.2, 0) is 16.0 Å². The molecule has 0 spiro atoms. The summed E-state index contributed by atoms with van der Waals surface area (Å²) in [5, 5.41) is 5.91. The number of hydrogen-bond acceptors (Lipinski definition) is 5. The highest BCUT2D eigenvalue weighted by molar-refractivity contribution is 7.14. The van der Waals surface area contributed by atoms with Gasteiger partial charge in [0.25, 0.3) is 0 Å². The lowest BCUT2D eigenvalue weighted by atomic mass is 10.1. The van der Waals surface area contributed by atoms with Crippen molar-refractivity contribution in [1.29, 1.82) is 0 Å². The third-order valence-electron chi connectivity index (χ3n) is 3.86. The molecular weight excluding hydrogens is 396 g/mol. The Balaban J connectivity index is 1.55. The van der Waals surface area contributed by atoms with Crippen LogP contribution < -0.4 is 10.1 Å². The van der Waals surface area contributed by atoms with Crippen LogP contribution in [0.3, 0.4) is 0 Å². The van der Waals surface area contributed by atoms with Gasteiger partial charge in [-0.1, -0.05) is 42.8 Å². The van der Waals surface area contributed by atoms with Crippen LogP contribution in [0.4, 0.5) is 5.13 Å². The van der Waals surface area contributed by atoms with Gasteiger partial charge in [-0.15, -0.1) is 11.3 Å². The van der Waals surface area contributed by atoms with E-state index in [9.17, 15) is 9.59 Å². The first-order chi connectivity index (χ1) is 13.5. The quantitative estimate of drug-likeness (QED) is 0.418. The Morgan fingerprint density at radius 2 is 1.82 bits per heavy atom. The molecule has 3 aromatic rings. The van der Waals surface area contributed by atoms with Crippen LogP contribution in [0, 0.1) is 0 Å². The molecule has 0 saturated carbocycles. The minimum Gasteiger partial charge on any atom is -0.427 e. The zero-order valence-corrected chi connectivity index (χ0v) is 16.8. The Bertz CT molecular complexity index is 953. The normalized spacial score (nSPS) is 10.5. The van der Waals surface area contributed by atoms with Gasteiger partial charge in [0.05, 0.1) is 12.1 Å². The topological polar surface area (TPSA) is 68.3 Å². The number of ether oxygens (including phenoxy) is 1. The lowest BCUT2D eigenvalue weighted by molar-refractivity contribution is -0.134. The summed E-state index contributed by atoms with van der Waals surface area (Å²) in [5.41, 5.74) is 2.55. The number of aromatic nitrogens is 1. The first-order valence-corrected chi connectivity index (χ1v) is 10.1. The molecule has 2 aromatic carbocycles. The fourth-order valence-corrected chi connectivity index (χ4v) is 3.36. The molecule has 0 aliphatic heterocycles. The monoisotopic (exact) mass is 414 g/mol. The van der Waals surface area contributed by atoms with Crippen molar-refractivity contribution in [3.05, 3.63) is 64.5 Å². The summed E-state index contributed by atoms with van der Waals surface area (Å²) in [6, 6.07) is 14.3. The molecule has 1 aromatic heterocycles. The smallest absolute Gasteiger partial charge is 0.311 e. The largest absolute Gasteiger partial charge is 0.427 e. The number of carbonyl (C=O) groups is 2. The number of nitrogens with one attached hydrogen (secondary N) is 1. The Kier molecular flexibility index (Phi) is 6.79. The number of carbonyl (C=O) groups excluding carboxylic acids is 2. The van der Waals surface area contributed by atoms with E-state index < -0.39 is 0 Å². The molecular formula is C21H19ClN2O3S. The van der Waals surface area contributed by atoms with Crippen LogP contribution in [0.2, 0.25) is 5.02 Å². The van der Waals surface area contributed by atoms with Crippen molar-refractivity contribution >= 4 is 39.9 Å². The Hall–Kier alpha value is -2.70. The lowest BCUT2D eigenvalue weighted by Gasteiger charge is -2.05. The molecule has 28 heavy (non-hydrogen) atoms. The van der Waals surface area contributed by atoms with E-state index in [0.29, 0.717) is 22.3 Å². The first-order valence-electron chi connectivity index (χ1n) is 8.84. The van der Waals surface area contributed by atoms with Crippen molar-refractivity contribution in [3.63, 3.8) is 0 Å². The molecule has 0 fully saturated rings. The molecule has 0 atom stereocenters. The average Bonchev–Trinajstić information content (AvgIpc) is 3.12. The summed E-state index contributed by atoms with van der Waals surface area (Å²) < 4.78 is 5.21. The van der Waals surface area contributed by atoms with Gasteiger partial charge in [0.1, 0.15) is 5.75 Å². The Labute approximate surface area is 172 Å². The summed E-state index contributed by atoms with van der Waals surface area (Å²) >= 11 is 7.27. The van der Waals surface area contributed by atoms with Gasteiger partial charge in [0, 0.05) is 22.4 Å². The number of esters is 1. The number of nitrogens with zero attached hydrogens (tertiary/aromatic N) is 1. The molecule has 0 aliphatic carbocycles. The highest BCUT2D eigenvalue weighted by atomic mass is 35.5. The Morgan fingerprint density at radius 3 is 2.50 bits per heavy atom. The molecule has 1 heterocycles. The fourth-order valence-electron chi connectivity index (χ4n) is 2.50. The van der Waals surface area contributed by atoms with Crippen molar-refractivity contribution in [1.82, 2.24) is 4.98 Å². The molecule has 0 radical (unpaired) electrons. The van der Waals surface area contributed by atoms with Gasteiger partial charge in [0.15, 0.2) is 5.13 Å². The van der Waals surface area contributed by atoms with E-state index in [0.717, 1.165) is 23.2 Å². The molecule has 7 heteroatoms. The molecule has 1 amide bonds. The zero-order valence-electron chi connectivity index (χ0n) is 15.3. The molecule has 0 bridgehead atoms. The minimum absolute atomic E-state index is 0.160. The van der Waals surface area contributed by atoms with Crippen LogP contribution in [0.15, 0.2) is 53.9 Å². The summed E-state index contributed by atoms with van der Waals surface area (Å²) in [6.07, 6.45) is 1.34. The summed E-state index contributed by atoms with van der Waals surface area (Å²) in [7, 11) is 0. The molecule has 0 unspecified atom stereocenters. The minimum atomic E-state index is -0.256. The number of amides is 1. The van der Waals surface area contributed by atoms with Gasteiger partial charge in [-0.25, -0.2) is 4.98 Å². The Morgan fingerprint density at radius 1 is 1.11 bits per heavy atom. The van der Waals surface area contributed by atoms with Gasteiger partial charge in [-0.3, -0.25) is 9.59 Å². The van der Waals surface area contributed by atoms with E-state index in [2.05, 4.69) is 10.3 Å². The third kappa shape index (κ3) is 5.65. The molecule has 5 nitrogen and oxygen atoms in total. The van der Waals surface area contributed by atoms with E-state index in [1.54, 1.807) is 36.4 Å². The molecule has 1 N–H and O–H groups in total. The van der Waals surface area contributed by atoms with Crippen molar-refractivity contribution in [2.45, 2.75) is 26.2 Å². The second-order valence-electron chi connectivity index (χ2n) is 6.14. The lowest BCUT2D eigenvalue weighted by Crippen LogP contribution is -2.14. The number of halogens is 1. The van der Waals surface area contributed by atoms with Crippen LogP contribution in [0.25, 0.3) is 11.3 Å². The average molecular weight is 415 g/mol. The van der Waals surface area contributed by atoms with Crippen molar-refractivity contribution in [2.75, 3.05) is 5.32 Å². The maximum atomic E-state index is 12.3. The zero-order chi connectivity index (χ0) is 19.9. The number of thiazole rings is 1. The molecule has 0 aliphatic rings. The van der Waals surface area contributed by atoms with Crippen molar-refractivity contribution < 1.29 is 14.3 Å². The maximum absolute atomic E-state index is 12.3. The van der Waals surface area contributed by atoms with Crippen molar-refractivity contribution in [2.24, 2.45) is 0 Å². The van der Waals surface area contributed by atoms with Gasteiger partial charge in [-0.05, 0) is 36.2 Å². The number of hydrogen-bond donors (Lipinski definition) is 1. The van der Waals surface area contributed by atoms with E-state index in [1.165, 1.54) is 11.3 Å². The molecule has 144 valence electrons. The summed E-state index contributed by atoms with van der Waals surface area (Å²) in [5.74, 6) is 0.0659. The molecule has 3 rings (SSSR count). The predicted molar refractivity (Wildman–Crippen MR) is 112 cm³/mol. The van der Waals surface area contributed by atoms with E-state index >= 15 is 0 Å². The molecule has 0 saturated heterocycles. The maximum Gasteiger partial charge on any atom is 0.311 e.